The van der Waals surface area contributed by atoms with Crippen LogP contribution in [0.2, 0.25) is 0 Å². The first kappa shape index (κ1) is 13.5. The summed E-state index contributed by atoms with van der Waals surface area (Å²) in [6, 6.07) is 6.05. The van der Waals surface area contributed by atoms with Crippen molar-refractivity contribution in [3.63, 3.8) is 0 Å². The van der Waals surface area contributed by atoms with Crippen molar-refractivity contribution in [2.24, 2.45) is 11.8 Å². The van der Waals surface area contributed by atoms with Crippen molar-refractivity contribution >= 4 is 5.91 Å². The van der Waals surface area contributed by atoms with Crippen molar-refractivity contribution in [1.82, 2.24) is 14.8 Å². The number of methoxy groups -OCH3 is 1. The van der Waals surface area contributed by atoms with Crippen LogP contribution in [-0.4, -0.2) is 60.6 Å². The van der Waals surface area contributed by atoms with Crippen LogP contribution < -0.4 is 0 Å². The van der Waals surface area contributed by atoms with E-state index in [2.05, 4.69) is 16.0 Å². The minimum Gasteiger partial charge on any atom is -0.375 e. The van der Waals surface area contributed by atoms with E-state index in [1.54, 1.807) is 7.11 Å². The Morgan fingerprint density at radius 2 is 2.05 bits per heavy atom. The first-order valence-corrected chi connectivity index (χ1v) is 7.15. The van der Waals surface area contributed by atoms with E-state index in [1.807, 2.05) is 23.2 Å². The highest BCUT2D eigenvalue weighted by Gasteiger charge is 2.41. The smallest absolute Gasteiger partial charge is 0.248 e. The van der Waals surface area contributed by atoms with Crippen molar-refractivity contribution < 1.29 is 9.53 Å². The second-order valence-corrected chi connectivity index (χ2v) is 5.77. The number of carbonyl (C=O) groups excluding carboxylic acids is 1. The third-order valence-electron chi connectivity index (χ3n) is 4.29. The first-order valence-electron chi connectivity index (χ1n) is 7.15. The molecule has 0 unspecified atom stereocenters. The second-order valence-electron chi connectivity index (χ2n) is 5.77. The monoisotopic (exact) mass is 275 g/mol. The van der Waals surface area contributed by atoms with Gasteiger partial charge in [0.05, 0.1) is 5.69 Å². The number of pyridine rings is 1. The van der Waals surface area contributed by atoms with Crippen molar-refractivity contribution in [2.45, 2.75) is 6.54 Å². The number of aromatic nitrogens is 1. The Labute approximate surface area is 119 Å². The molecule has 0 aliphatic carbocycles. The second kappa shape index (κ2) is 5.89. The SMILES string of the molecule is COCC(=O)N1C[C@H]2CN(Cc3ccccn3)C[C@H]2C1. The molecule has 2 atom stereocenters. The number of carbonyl (C=O) groups is 1. The number of nitrogens with zero attached hydrogens (tertiary/aromatic N) is 3. The molecule has 20 heavy (non-hydrogen) atoms. The van der Waals surface area contributed by atoms with Crippen molar-refractivity contribution in [3.05, 3.63) is 30.1 Å². The van der Waals surface area contributed by atoms with Crippen molar-refractivity contribution in [2.75, 3.05) is 39.9 Å². The van der Waals surface area contributed by atoms with E-state index in [1.165, 1.54) is 0 Å². The standard InChI is InChI=1S/C15H21N3O2/c1-20-11-15(19)18-8-12-6-17(7-13(12)9-18)10-14-4-2-3-5-16-14/h2-5,12-13H,6-11H2,1H3/t12-,13+. The zero-order valence-electron chi connectivity index (χ0n) is 11.9. The fourth-order valence-corrected chi connectivity index (χ4v) is 3.36. The Morgan fingerprint density at radius 1 is 1.30 bits per heavy atom. The van der Waals surface area contributed by atoms with Gasteiger partial charge in [0.2, 0.25) is 5.91 Å². The third kappa shape index (κ3) is 2.83. The lowest BCUT2D eigenvalue weighted by molar-refractivity contribution is -0.134. The number of fused-ring (bicyclic) bond motifs is 1. The molecule has 1 aromatic heterocycles. The zero-order chi connectivity index (χ0) is 13.9. The van der Waals surface area contributed by atoms with Crippen LogP contribution in [0, 0.1) is 11.8 Å². The van der Waals surface area contributed by atoms with Gasteiger partial charge in [0.1, 0.15) is 6.61 Å². The summed E-state index contributed by atoms with van der Waals surface area (Å²) in [6.07, 6.45) is 1.84. The number of likely N-dealkylation sites (tertiary alicyclic amines) is 2. The molecule has 2 aliphatic rings. The highest BCUT2D eigenvalue weighted by Crippen LogP contribution is 2.31. The quantitative estimate of drug-likeness (QED) is 0.808. The molecule has 1 aromatic rings. The number of amides is 1. The molecule has 0 saturated carbocycles. The normalized spacial score (nSPS) is 25.9. The van der Waals surface area contributed by atoms with Crippen LogP contribution in [0.1, 0.15) is 5.69 Å². The Kier molecular flexibility index (Phi) is 3.98. The summed E-state index contributed by atoms with van der Waals surface area (Å²) < 4.78 is 4.93. The number of ether oxygens (including phenoxy) is 1. The van der Waals surface area contributed by atoms with E-state index in [0.717, 1.165) is 38.4 Å². The lowest BCUT2D eigenvalue weighted by atomic mass is 10.0. The van der Waals surface area contributed by atoms with E-state index in [0.29, 0.717) is 11.8 Å². The van der Waals surface area contributed by atoms with E-state index < -0.39 is 0 Å². The van der Waals surface area contributed by atoms with E-state index in [-0.39, 0.29) is 12.5 Å². The molecule has 3 heterocycles. The van der Waals surface area contributed by atoms with Crippen LogP contribution >= 0.6 is 0 Å². The van der Waals surface area contributed by atoms with Crippen LogP contribution in [-0.2, 0) is 16.1 Å². The van der Waals surface area contributed by atoms with Crippen molar-refractivity contribution in [3.8, 4) is 0 Å². The molecule has 0 bridgehead atoms. The van der Waals surface area contributed by atoms with Gasteiger partial charge in [-0.15, -0.1) is 0 Å². The van der Waals surface area contributed by atoms with Gasteiger partial charge in [-0.05, 0) is 24.0 Å². The summed E-state index contributed by atoms with van der Waals surface area (Å²) in [5, 5.41) is 0. The molecule has 108 valence electrons. The maximum absolute atomic E-state index is 11.8. The fraction of sp³-hybridized carbons (Fsp3) is 0.600. The van der Waals surface area contributed by atoms with Gasteiger partial charge >= 0.3 is 0 Å². The van der Waals surface area contributed by atoms with Crippen LogP contribution in [0.4, 0.5) is 0 Å². The van der Waals surface area contributed by atoms with Gasteiger partial charge in [0.15, 0.2) is 0 Å². The summed E-state index contributed by atoms with van der Waals surface area (Å²) in [5.41, 5.74) is 1.12. The van der Waals surface area contributed by atoms with Gasteiger partial charge in [0.25, 0.3) is 0 Å². The molecule has 1 amide bonds. The molecule has 0 spiro atoms. The van der Waals surface area contributed by atoms with Crippen LogP contribution in [0.25, 0.3) is 0 Å². The highest BCUT2D eigenvalue weighted by molar-refractivity contribution is 5.77. The molecule has 0 radical (unpaired) electrons. The first-order chi connectivity index (χ1) is 9.76. The van der Waals surface area contributed by atoms with E-state index in [4.69, 9.17) is 4.74 Å². The lowest BCUT2D eigenvalue weighted by Gasteiger charge is -2.21. The molecule has 3 rings (SSSR count). The minimum absolute atomic E-state index is 0.123. The molecule has 2 fully saturated rings. The average Bonchev–Trinajstić information content (AvgIpc) is 2.98. The van der Waals surface area contributed by atoms with Gasteiger partial charge in [0, 0.05) is 46.0 Å². The molecule has 0 N–H and O–H groups in total. The highest BCUT2D eigenvalue weighted by atomic mass is 16.5. The maximum Gasteiger partial charge on any atom is 0.248 e. The van der Waals surface area contributed by atoms with Crippen LogP contribution in [0.3, 0.4) is 0 Å². The molecule has 5 heteroatoms. The Morgan fingerprint density at radius 3 is 2.65 bits per heavy atom. The van der Waals surface area contributed by atoms with Crippen LogP contribution in [0.15, 0.2) is 24.4 Å². The largest absolute Gasteiger partial charge is 0.375 e. The summed E-state index contributed by atoms with van der Waals surface area (Å²) in [5.74, 6) is 1.34. The minimum atomic E-state index is 0.123. The maximum atomic E-state index is 11.8. The fourth-order valence-electron chi connectivity index (χ4n) is 3.36. The van der Waals surface area contributed by atoms with Gasteiger partial charge in [-0.25, -0.2) is 0 Å². The summed E-state index contributed by atoms with van der Waals surface area (Å²) >= 11 is 0. The number of rotatable bonds is 4. The predicted octanol–water partition coefficient (Wildman–Crippen LogP) is 0.618. The van der Waals surface area contributed by atoms with E-state index in [9.17, 15) is 4.79 Å². The van der Waals surface area contributed by atoms with Gasteiger partial charge < -0.3 is 9.64 Å². The predicted molar refractivity (Wildman–Crippen MR) is 75.0 cm³/mol. The van der Waals surface area contributed by atoms with Crippen LogP contribution in [0.5, 0.6) is 0 Å². The summed E-state index contributed by atoms with van der Waals surface area (Å²) in [4.78, 5) is 20.6. The zero-order valence-corrected chi connectivity index (χ0v) is 11.9. The Balaban J connectivity index is 1.52. The molecule has 2 aliphatic heterocycles. The third-order valence-corrected chi connectivity index (χ3v) is 4.29. The van der Waals surface area contributed by atoms with Gasteiger partial charge in [-0.2, -0.15) is 0 Å². The Bertz CT molecular complexity index is 451. The number of hydrogen-bond donors (Lipinski definition) is 0. The number of hydrogen-bond acceptors (Lipinski definition) is 4. The van der Waals surface area contributed by atoms with Crippen molar-refractivity contribution in [1.29, 1.82) is 0 Å². The molecular formula is C15H21N3O2. The Hall–Kier alpha value is -1.46. The topological polar surface area (TPSA) is 45.7 Å². The summed E-state index contributed by atoms with van der Waals surface area (Å²) in [6.45, 7) is 5.02. The van der Waals surface area contributed by atoms with E-state index >= 15 is 0 Å². The molecular weight excluding hydrogens is 254 g/mol. The lowest BCUT2D eigenvalue weighted by Crippen LogP contribution is -2.35. The summed E-state index contributed by atoms with van der Waals surface area (Å²) in [7, 11) is 1.57. The molecule has 2 saturated heterocycles. The molecule has 0 aromatic carbocycles. The van der Waals surface area contributed by atoms with Gasteiger partial charge in [-0.1, -0.05) is 6.07 Å². The molecule has 5 nitrogen and oxygen atoms in total. The van der Waals surface area contributed by atoms with Gasteiger partial charge in [-0.3, -0.25) is 14.7 Å². The average molecular weight is 275 g/mol.